The predicted octanol–water partition coefficient (Wildman–Crippen LogP) is 6.68. The minimum Gasteiger partial charge on any atom is -0.449 e. The highest BCUT2D eigenvalue weighted by molar-refractivity contribution is 6.06. The van der Waals surface area contributed by atoms with Crippen molar-refractivity contribution in [3.63, 3.8) is 0 Å². The van der Waals surface area contributed by atoms with E-state index in [-0.39, 0.29) is 17.0 Å². The van der Waals surface area contributed by atoms with E-state index in [1.807, 2.05) is 0 Å². The molecular weight excluding hydrogens is 458 g/mol. The summed E-state index contributed by atoms with van der Waals surface area (Å²) < 4.78 is 82.6. The Balaban J connectivity index is 1.92. The molecule has 33 heavy (non-hydrogen) atoms. The van der Waals surface area contributed by atoms with E-state index < -0.39 is 45.7 Å². The van der Waals surface area contributed by atoms with Crippen LogP contribution in [0.2, 0.25) is 0 Å². The van der Waals surface area contributed by atoms with Crippen molar-refractivity contribution in [1.29, 1.82) is 0 Å². The summed E-state index contributed by atoms with van der Waals surface area (Å²) in [7, 11) is 0. The molecule has 0 unspecified atom stereocenters. The first kappa shape index (κ1) is 23.6. The van der Waals surface area contributed by atoms with E-state index >= 15 is 0 Å². The number of nitro benzene ring substituents is 1. The number of anilines is 1. The normalized spacial score (nSPS) is 11.7. The SMILES string of the molecule is O=C(Nc1cccc(C(F)(F)F)c1)c1ccccc1Oc1ccc(C(F)(F)F)cc1[N+](=O)[O-]. The lowest BCUT2D eigenvalue weighted by Gasteiger charge is -2.13. The smallest absolute Gasteiger partial charge is 0.416 e. The molecule has 3 aromatic carbocycles. The van der Waals surface area contributed by atoms with Gasteiger partial charge in [-0.15, -0.1) is 0 Å². The molecule has 0 saturated carbocycles. The second kappa shape index (κ2) is 8.81. The molecule has 0 radical (unpaired) electrons. The highest BCUT2D eigenvalue weighted by Crippen LogP contribution is 2.38. The second-order valence-electron chi connectivity index (χ2n) is 6.57. The van der Waals surface area contributed by atoms with Crippen molar-refractivity contribution < 1.29 is 40.8 Å². The predicted molar refractivity (Wildman–Crippen MR) is 104 cm³/mol. The standard InChI is InChI=1S/C21H12F6N2O4/c22-20(23,24)12-4-3-5-14(10-12)28-19(30)15-6-1-2-7-17(15)33-18-9-8-13(21(25,26)27)11-16(18)29(31)32/h1-11H,(H,28,30). The van der Waals surface area contributed by atoms with Crippen molar-refractivity contribution >= 4 is 17.3 Å². The highest BCUT2D eigenvalue weighted by Gasteiger charge is 2.34. The lowest BCUT2D eigenvalue weighted by atomic mass is 10.1. The third-order valence-corrected chi connectivity index (χ3v) is 4.28. The first-order valence-electron chi connectivity index (χ1n) is 8.97. The number of halogens is 6. The van der Waals surface area contributed by atoms with E-state index in [0.29, 0.717) is 18.2 Å². The molecule has 3 aromatic rings. The van der Waals surface area contributed by atoms with Crippen molar-refractivity contribution in [2.24, 2.45) is 0 Å². The average Bonchev–Trinajstić information content (AvgIpc) is 2.73. The number of nitrogens with zero attached hydrogens (tertiary/aromatic N) is 1. The molecule has 0 spiro atoms. The molecule has 6 nitrogen and oxygen atoms in total. The number of alkyl halides is 6. The molecule has 0 atom stereocenters. The first-order valence-corrected chi connectivity index (χ1v) is 8.97. The van der Waals surface area contributed by atoms with E-state index in [4.69, 9.17) is 4.74 Å². The number of hydrogen-bond donors (Lipinski definition) is 1. The maximum Gasteiger partial charge on any atom is 0.416 e. The van der Waals surface area contributed by atoms with Gasteiger partial charge in [-0.2, -0.15) is 26.3 Å². The lowest BCUT2D eigenvalue weighted by molar-refractivity contribution is -0.385. The van der Waals surface area contributed by atoms with E-state index in [1.165, 1.54) is 30.3 Å². The number of rotatable bonds is 5. The summed E-state index contributed by atoms with van der Waals surface area (Å²) in [6, 6.07) is 10.7. The first-order chi connectivity index (χ1) is 15.4. The molecule has 1 N–H and O–H groups in total. The van der Waals surface area contributed by atoms with Gasteiger partial charge in [0.15, 0.2) is 0 Å². The molecule has 12 heteroatoms. The minimum atomic E-state index is -4.83. The number of carbonyl (C=O) groups excluding carboxylic acids is 1. The Bertz CT molecular complexity index is 1210. The van der Waals surface area contributed by atoms with Crippen molar-refractivity contribution in [2.45, 2.75) is 12.4 Å². The minimum absolute atomic E-state index is 0.176. The number of benzene rings is 3. The fourth-order valence-electron chi connectivity index (χ4n) is 2.76. The van der Waals surface area contributed by atoms with Gasteiger partial charge in [-0.1, -0.05) is 18.2 Å². The van der Waals surface area contributed by atoms with Crippen molar-refractivity contribution in [3.8, 4) is 11.5 Å². The van der Waals surface area contributed by atoms with Gasteiger partial charge in [-0.3, -0.25) is 14.9 Å². The van der Waals surface area contributed by atoms with Crippen LogP contribution in [0.25, 0.3) is 0 Å². The summed E-state index contributed by atoms with van der Waals surface area (Å²) in [5.74, 6) is -1.73. The van der Waals surface area contributed by atoms with E-state index in [1.54, 1.807) is 0 Å². The summed E-state index contributed by atoms with van der Waals surface area (Å²) in [5, 5.41) is 13.5. The van der Waals surface area contributed by atoms with Gasteiger partial charge in [0.05, 0.1) is 21.6 Å². The van der Waals surface area contributed by atoms with E-state index in [2.05, 4.69) is 5.32 Å². The van der Waals surface area contributed by atoms with Crippen LogP contribution >= 0.6 is 0 Å². The fraction of sp³-hybridized carbons (Fsp3) is 0.0952. The van der Waals surface area contributed by atoms with Gasteiger partial charge in [0, 0.05) is 11.8 Å². The molecule has 172 valence electrons. The Labute approximate surface area is 181 Å². The Hall–Kier alpha value is -4.09. The van der Waals surface area contributed by atoms with Crippen LogP contribution in [0.5, 0.6) is 11.5 Å². The Kier molecular flexibility index (Phi) is 6.29. The van der Waals surface area contributed by atoms with Crippen molar-refractivity contribution in [1.82, 2.24) is 0 Å². The maximum atomic E-state index is 12.9. The molecule has 0 aliphatic heterocycles. The van der Waals surface area contributed by atoms with Crippen molar-refractivity contribution in [3.05, 3.63) is 93.5 Å². The number of amides is 1. The molecule has 0 aliphatic carbocycles. The lowest BCUT2D eigenvalue weighted by Crippen LogP contribution is -2.14. The molecule has 0 fully saturated rings. The van der Waals surface area contributed by atoms with Crippen LogP contribution < -0.4 is 10.1 Å². The number of para-hydroxylation sites is 1. The highest BCUT2D eigenvalue weighted by atomic mass is 19.4. The zero-order chi connectivity index (χ0) is 24.4. The van der Waals surface area contributed by atoms with E-state index in [0.717, 1.165) is 18.2 Å². The summed E-state index contributed by atoms with van der Waals surface area (Å²) in [6.45, 7) is 0. The maximum absolute atomic E-state index is 12.9. The summed E-state index contributed by atoms with van der Waals surface area (Å²) in [4.78, 5) is 22.8. The zero-order valence-electron chi connectivity index (χ0n) is 16.2. The van der Waals surface area contributed by atoms with Crippen molar-refractivity contribution in [2.75, 3.05) is 5.32 Å². The van der Waals surface area contributed by atoms with Crippen LogP contribution in [-0.4, -0.2) is 10.8 Å². The third-order valence-electron chi connectivity index (χ3n) is 4.28. The topological polar surface area (TPSA) is 81.5 Å². The van der Waals surface area contributed by atoms with Crippen LogP contribution in [-0.2, 0) is 12.4 Å². The largest absolute Gasteiger partial charge is 0.449 e. The molecule has 3 rings (SSSR count). The Morgan fingerprint density at radius 1 is 0.818 bits per heavy atom. The molecular formula is C21H12F6N2O4. The quantitative estimate of drug-likeness (QED) is 0.256. The van der Waals surface area contributed by atoms with Gasteiger partial charge in [-0.05, 0) is 42.5 Å². The van der Waals surface area contributed by atoms with Gasteiger partial charge in [0.2, 0.25) is 5.75 Å². The monoisotopic (exact) mass is 470 g/mol. The number of nitrogens with one attached hydrogen (secondary N) is 1. The molecule has 1 amide bonds. The van der Waals surface area contributed by atoms with Crippen LogP contribution in [0.4, 0.5) is 37.7 Å². The van der Waals surface area contributed by atoms with E-state index in [9.17, 15) is 41.3 Å². The fourth-order valence-corrected chi connectivity index (χ4v) is 2.76. The van der Waals surface area contributed by atoms with Gasteiger partial charge in [0.1, 0.15) is 5.75 Å². The van der Waals surface area contributed by atoms with Crippen LogP contribution in [0, 0.1) is 10.1 Å². The molecule has 0 bridgehead atoms. The Morgan fingerprint density at radius 3 is 2.09 bits per heavy atom. The molecule has 0 aliphatic rings. The van der Waals surface area contributed by atoms with Crippen LogP contribution in [0.15, 0.2) is 66.7 Å². The van der Waals surface area contributed by atoms with Gasteiger partial charge in [0.25, 0.3) is 5.91 Å². The van der Waals surface area contributed by atoms with Crippen LogP contribution in [0.1, 0.15) is 21.5 Å². The number of hydrogen-bond acceptors (Lipinski definition) is 4. The third kappa shape index (κ3) is 5.59. The van der Waals surface area contributed by atoms with Gasteiger partial charge >= 0.3 is 18.0 Å². The second-order valence-corrected chi connectivity index (χ2v) is 6.57. The molecule has 0 aromatic heterocycles. The van der Waals surface area contributed by atoms with Gasteiger partial charge in [-0.25, -0.2) is 0 Å². The number of carbonyl (C=O) groups is 1. The summed E-state index contributed by atoms with van der Waals surface area (Å²) >= 11 is 0. The van der Waals surface area contributed by atoms with Gasteiger partial charge < -0.3 is 10.1 Å². The van der Waals surface area contributed by atoms with Crippen LogP contribution in [0.3, 0.4) is 0 Å². The summed E-state index contributed by atoms with van der Waals surface area (Å²) in [5.41, 5.74) is -3.64. The number of nitro groups is 1. The number of ether oxygens (including phenoxy) is 1. The summed E-state index contributed by atoms with van der Waals surface area (Å²) in [6.07, 6.45) is -9.46. The molecule has 0 saturated heterocycles. The average molecular weight is 470 g/mol. The zero-order valence-corrected chi connectivity index (χ0v) is 16.2. The molecule has 0 heterocycles. The Morgan fingerprint density at radius 2 is 1.45 bits per heavy atom.